The summed E-state index contributed by atoms with van der Waals surface area (Å²) in [5.74, 6) is 1.22. The third kappa shape index (κ3) is 8.04. The number of hydrogen-bond donors (Lipinski definition) is 2. The van der Waals surface area contributed by atoms with Crippen LogP contribution in [0, 0.1) is 0 Å². The number of amides is 1. The molecule has 7 nitrogen and oxygen atoms in total. The van der Waals surface area contributed by atoms with Gasteiger partial charge >= 0.3 is 0 Å². The van der Waals surface area contributed by atoms with Crippen LogP contribution in [0.15, 0.2) is 72.2 Å². The van der Waals surface area contributed by atoms with Crippen molar-refractivity contribution >= 4 is 35.8 Å². The molecule has 1 atom stereocenters. The Morgan fingerprint density at radius 1 is 1.15 bits per heavy atom. The maximum Gasteiger partial charge on any atom is 0.232 e. The second kappa shape index (κ2) is 14.5. The highest BCUT2D eigenvalue weighted by atomic mass is 127. The van der Waals surface area contributed by atoms with Crippen LogP contribution in [-0.4, -0.2) is 63.3 Å². The molecule has 2 N–H and O–H groups in total. The highest BCUT2D eigenvalue weighted by molar-refractivity contribution is 14.0. The molecule has 1 fully saturated rings. The van der Waals surface area contributed by atoms with Crippen LogP contribution in [0.25, 0.3) is 0 Å². The number of guanidine groups is 1. The van der Waals surface area contributed by atoms with Gasteiger partial charge in [-0.2, -0.15) is 0 Å². The number of benzene rings is 2. The Bertz CT molecular complexity index is 902. The quantitative estimate of drug-likeness (QED) is 0.212. The summed E-state index contributed by atoms with van der Waals surface area (Å²) < 4.78 is 11.1. The SMILES string of the molecule is C=CCOc1ccccc1CNC(=NC)NCC(C(=O)N1CCOCC1)c1ccccc1.I. The summed E-state index contributed by atoms with van der Waals surface area (Å²) in [4.78, 5) is 19.5. The minimum atomic E-state index is -0.309. The zero-order valence-electron chi connectivity index (χ0n) is 19.0. The first kappa shape index (κ1) is 26.7. The first-order chi connectivity index (χ1) is 15.7. The van der Waals surface area contributed by atoms with E-state index in [-0.39, 0.29) is 35.8 Å². The molecule has 0 spiro atoms. The van der Waals surface area contributed by atoms with Crippen LogP contribution in [0.4, 0.5) is 0 Å². The fourth-order valence-electron chi connectivity index (χ4n) is 3.57. The Morgan fingerprint density at radius 3 is 2.55 bits per heavy atom. The molecule has 1 aliphatic heterocycles. The molecule has 33 heavy (non-hydrogen) atoms. The normalized spacial score (nSPS) is 14.6. The van der Waals surface area contributed by atoms with Gasteiger partial charge in [0.15, 0.2) is 5.96 Å². The number of carbonyl (C=O) groups is 1. The van der Waals surface area contributed by atoms with Crippen molar-refractivity contribution in [1.29, 1.82) is 0 Å². The third-order valence-electron chi connectivity index (χ3n) is 5.30. The summed E-state index contributed by atoms with van der Waals surface area (Å²) in [6.45, 7) is 7.54. The molecule has 0 aromatic heterocycles. The lowest BCUT2D eigenvalue weighted by molar-refractivity contribution is -0.136. The molecule has 0 saturated carbocycles. The van der Waals surface area contributed by atoms with Gasteiger partial charge in [0.25, 0.3) is 0 Å². The van der Waals surface area contributed by atoms with Crippen molar-refractivity contribution in [2.75, 3.05) is 46.5 Å². The summed E-state index contributed by atoms with van der Waals surface area (Å²) in [6, 6.07) is 17.7. The van der Waals surface area contributed by atoms with E-state index in [0.717, 1.165) is 16.9 Å². The van der Waals surface area contributed by atoms with Gasteiger partial charge < -0.3 is 25.0 Å². The highest BCUT2D eigenvalue weighted by Gasteiger charge is 2.27. The fourth-order valence-corrected chi connectivity index (χ4v) is 3.57. The predicted octanol–water partition coefficient (Wildman–Crippen LogP) is 3.18. The van der Waals surface area contributed by atoms with Crippen molar-refractivity contribution in [3.05, 3.63) is 78.4 Å². The Hall–Kier alpha value is -2.59. The molecular weight excluding hydrogens is 531 g/mol. The number of para-hydroxylation sites is 1. The zero-order valence-corrected chi connectivity index (χ0v) is 21.4. The maximum atomic E-state index is 13.3. The molecule has 0 bridgehead atoms. The number of halogens is 1. The van der Waals surface area contributed by atoms with Gasteiger partial charge in [-0.15, -0.1) is 24.0 Å². The second-order valence-electron chi connectivity index (χ2n) is 7.41. The van der Waals surface area contributed by atoms with Crippen molar-refractivity contribution in [3.8, 4) is 5.75 Å². The van der Waals surface area contributed by atoms with Gasteiger partial charge in [-0.05, 0) is 11.6 Å². The first-order valence-electron chi connectivity index (χ1n) is 10.9. The van der Waals surface area contributed by atoms with E-state index in [4.69, 9.17) is 9.47 Å². The molecule has 2 aromatic rings. The van der Waals surface area contributed by atoms with E-state index in [1.54, 1.807) is 13.1 Å². The Labute approximate surface area is 213 Å². The smallest absolute Gasteiger partial charge is 0.232 e. The number of aliphatic imine (C=N–C) groups is 1. The van der Waals surface area contributed by atoms with Gasteiger partial charge in [0.2, 0.25) is 5.91 Å². The van der Waals surface area contributed by atoms with E-state index in [9.17, 15) is 4.79 Å². The van der Waals surface area contributed by atoms with E-state index >= 15 is 0 Å². The number of ether oxygens (including phenoxy) is 2. The van der Waals surface area contributed by atoms with Gasteiger partial charge in [-0.3, -0.25) is 9.79 Å². The number of carbonyl (C=O) groups excluding carboxylic acids is 1. The van der Waals surface area contributed by atoms with Crippen LogP contribution in [0.3, 0.4) is 0 Å². The van der Waals surface area contributed by atoms with Gasteiger partial charge in [-0.1, -0.05) is 61.2 Å². The number of hydrogen-bond acceptors (Lipinski definition) is 4. The zero-order chi connectivity index (χ0) is 22.6. The molecule has 1 saturated heterocycles. The predicted molar refractivity (Wildman–Crippen MR) is 142 cm³/mol. The topological polar surface area (TPSA) is 75.2 Å². The van der Waals surface area contributed by atoms with E-state index in [0.29, 0.717) is 52.0 Å². The van der Waals surface area contributed by atoms with Crippen LogP contribution in [0.1, 0.15) is 17.0 Å². The molecular formula is C25H33IN4O3. The minimum absolute atomic E-state index is 0. The number of rotatable bonds is 9. The van der Waals surface area contributed by atoms with Gasteiger partial charge in [0.1, 0.15) is 12.4 Å². The summed E-state index contributed by atoms with van der Waals surface area (Å²) in [5, 5.41) is 6.64. The van der Waals surface area contributed by atoms with Gasteiger partial charge in [0, 0.05) is 38.8 Å². The fraction of sp³-hybridized carbons (Fsp3) is 0.360. The van der Waals surface area contributed by atoms with Crippen molar-refractivity contribution in [3.63, 3.8) is 0 Å². The summed E-state index contributed by atoms with van der Waals surface area (Å²) >= 11 is 0. The summed E-state index contributed by atoms with van der Waals surface area (Å²) in [5.41, 5.74) is 2.00. The van der Waals surface area contributed by atoms with Gasteiger partial charge in [0.05, 0.1) is 19.1 Å². The first-order valence-corrected chi connectivity index (χ1v) is 10.9. The van der Waals surface area contributed by atoms with Crippen molar-refractivity contribution in [2.24, 2.45) is 4.99 Å². The molecule has 2 aromatic carbocycles. The van der Waals surface area contributed by atoms with Crippen LogP contribution in [-0.2, 0) is 16.1 Å². The summed E-state index contributed by atoms with van der Waals surface area (Å²) in [6.07, 6.45) is 1.72. The second-order valence-corrected chi connectivity index (χ2v) is 7.41. The number of nitrogens with one attached hydrogen (secondary N) is 2. The van der Waals surface area contributed by atoms with Crippen molar-refractivity contribution in [1.82, 2.24) is 15.5 Å². The number of morpholine rings is 1. The lowest BCUT2D eigenvalue weighted by atomic mass is 9.97. The monoisotopic (exact) mass is 564 g/mol. The molecule has 1 aliphatic rings. The lowest BCUT2D eigenvalue weighted by Gasteiger charge is -2.31. The minimum Gasteiger partial charge on any atom is -0.489 e. The van der Waals surface area contributed by atoms with Crippen LogP contribution < -0.4 is 15.4 Å². The standard InChI is InChI=1S/C25H32N4O3.HI/c1-3-15-32-23-12-8-7-11-21(23)18-27-25(26-2)28-19-22(20-9-5-4-6-10-20)24(30)29-13-16-31-17-14-29;/h3-12,22H,1,13-19H2,2H3,(H2,26,27,28);1H. The molecule has 1 amide bonds. The Morgan fingerprint density at radius 2 is 1.85 bits per heavy atom. The van der Waals surface area contributed by atoms with Gasteiger partial charge in [-0.25, -0.2) is 0 Å². The van der Waals surface area contributed by atoms with Crippen LogP contribution >= 0.6 is 24.0 Å². The molecule has 0 radical (unpaired) electrons. The van der Waals surface area contributed by atoms with E-state index < -0.39 is 0 Å². The van der Waals surface area contributed by atoms with Crippen LogP contribution in [0.2, 0.25) is 0 Å². The van der Waals surface area contributed by atoms with E-state index in [1.807, 2.05) is 59.5 Å². The van der Waals surface area contributed by atoms with Crippen LogP contribution in [0.5, 0.6) is 5.75 Å². The lowest BCUT2D eigenvalue weighted by Crippen LogP contribution is -2.47. The third-order valence-corrected chi connectivity index (χ3v) is 5.30. The molecule has 8 heteroatoms. The molecule has 1 unspecified atom stereocenters. The molecule has 0 aliphatic carbocycles. The van der Waals surface area contributed by atoms with Crippen molar-refractivity contribution < 1.29 is 14.3 Å². The average molecular weight is 564 g/mol. The summed E-state index contributed by atoms with van der Waals surface area (Å²) in [7, 11) is 1.72. The van der Waals surface area contributed by atoms with E-state index in [1.165, 1.54) is 0 Å². The van der Waals surface area contributed by atoms with E-state index in [2.05, 4.69) is 22.2 Å². The molecule has 3 rings (SSSR count). The Balaban J connectivity index is 0.00000385. The number of nitrogens with zero attached hydrogens (tertiary/aromatic N) is 2. The molecule has 1 heterocycles. The maximum absolute atomic E-state index is 13.3. The average Bonchev–Trinajstić information content (AvgIpc) is 2.86. The highest BCUT2D eigenvalue weighted by Crippen LogP contribution is 2.19. The largest absolute Gasteiger partial charge is 0.489 e. The molecule has 178 valence electrons. The van der Waals surface area contributed by atoms with Crippen molar-refractivity contribution in [2.45, 2.75) is 12.5 Å². The Kier molecular flexibility index (Phi) is 11.7.